The highest BCUT2D eigenvalue weighted by molar-refractivity contribution is 6.07. The van der Waals surface area contributed by atoms with Gasteiger partial charge in [-0.1, -0.05) is 25.1 Å². The van der Waals surface area contributed by atoms with Crippen molar-refractivity contribution in [3.05, 3.63) is 42.5 Å². The minimum absolute atomic E-state index is 0.0319. The predicted octanol–water partition coefficient (Wildman–Crippen LogP) is 3.52. The molecule has 3 aromatic rings. The highest BCUT2D eigenvalue weighted by Crippen LogP contribution is 2.30. The predicted molar refractivity (Wildman–Crippen MR) is 85.5 cm³/mol. The fourth-order valence-corrected chi connectivity index (χ4v) is 2.39. The Morgan fingerprint density at radius 3 is 2.76 bits per heavy atom. The van der Waals surface area contributed by atoms with Crippen LogP contribution in [0.2, 0.25) is 0 Å². The first-order valence-corrected chi connectivity index (χ1v) is 7.20. The maximum absolute atomic E-state index is 11.8. The standard InChI is InChI=1S/C17H18N2O2/c1-2-9-18-11-17(20)19-12-7-8-16-14(10-12)13-5-3-4-6-15(13)21-16/h3-8,10,18H,2,9,11H2,1H3,(H,19,20). The topological polar surface area (TPSA) is 54.3 Å². The number of carbonyl (C=O) groups excluding carboxylic acids is 1. The number of hydrogen-bond acceptors (Lipinski definition) is 3. The highest BCUT2D eigenvalue weighted by atomic mass is 16.3. The average molecular weight is 282 g/mol. The molecule has 0 spiro atoms. The molecule has 0 radical (unpaired) electrons. The van der Waals surface area contributed by atoms with Crippen molar-refractivity contribution in [2.75, 3.05) is 18.4 Å². The molecule has 1 heterocycles. The quantitative estimate of drug-likeness (QED) is 0.704. The summed E-state index contributed by atoms with van der Waals surface area (Å²) in [6, 6.07) is 13.6. The second-order valence-corrected chi connectivity index (χ2v) is 5.03. The van der Waals surface area contributed by atoms with E-state index >= 15 is 0 Å². The van der Waals surface area contributed by atoms with Crippen molar-refractivity contribution in [2.45, 2.75) is 13.3 Å². The van der Waals surface area contributed by atoms with E-state index in [1.807, 2.05) is 42.5 Å². The van der Waals surface area contributed by atoms with E-state index in [4.69, 9.17) is 4.42 Å². The van der Waals surface area contributed by atoms with Crippen LogP contribution >= 0.6 is 0 Å². The van der Waals surface area contributed by atoms with Gasteiger partial charge in [0.05, 0.1) is 6.54 Å². The molecule has 1 aromatic heterocycles. The number of anilines is 1. The van der Waals surface area contributed by atoms with Gasteiger partial charge in [0, 0.05) is 16.5 Å². The van der Waals surface area contributed by atoms with Crippen molar-refractivity contribution in [3.8, 4) is 0 Å². The molecule has 1 amide bonds. The van der Waals surface area contributed by atoms with E-state index in [2.05, 4.69) is 17.6 Å². The first-order valence-electron chi connectivity index (χ1n) is 7.20. The normalized spacial score (nSPS) is 11.1. The van der Waals surface area contributed by atoms with Crippen LogP contribution in [-0.4, -0.2) is 19.0 Å². The fraction of sp³-hybridized carbons (Fsp3) is 0.235. The summed E-state index contributed by atoms with van der Waals surface area (Å²) in [6.07, 6.45) is 1.01. The minimum atomic E-state index is -0.0319. The molecule has 2 N–H and O–H groups in total. The Morgan fingerprint density at radius 1 is 1.10 bits per heavy atom. The van der Waals surface area contributed by atoms with Crippen molar-refractivity contribution < 1.29 is 9.21 Å². The molecular formula is C17H18N2O2. The zero-order chi connectivity index (χ0) is 14.7. The van der Waals surface area contributed by atoms with E-state index < -0.39 is 0 Å². The molecule has 4 heteroatoms. The van der Waals surface area contributed by atoms with Gasteiger partial charge in [-0.25, -0.2) is 0 Å². The van der Waals surface area contributed by atoms with E-state index in [0.29, 0.717) is 6.54 Å². The summed E-state index contributed by atoms with van der Waals surface area (Å²) < 4.78 is 5.77. The molecule has 0 saturated carbocycles. The van der Waals surface area contributed by atoms with Gasteiger partial charge in [-0.3, -0.25) is 4.79 Å². The molecule has 0 saturated heterocycles. The van der Waals surface area contributed by atoms with Crippen LogP contribution in [0.5, 0.6) is 0 Å². The summed E-state index contributed by atoms with van der Waals surface area (Å²) in [5, 5.41) is 8.07. The Bertz CT molecular complexity index is 777. The summed E-state index contributed by atoms with van der Waals surface area (Å²) in [4.78, 5) is 11.8. The molecule has 4 nitrogen and oxygen atoms in total. The summed E-state index contributed by atoms with van der Waals surface area (Å²) in [5.41, 5.74) is 2.48. The van der Waals surface area contributed by atoms with Gasteiger partial charge in [0.1, 0.15) is 11.2 Å². The van der Waals surface area contributed by atoms with E-state index in [-0.39, 0.29) is 5.91 Å². The van der Waals surface area contributed by atoms with Crippen LogP contribution in [0.4, 0.5) is 5.69 Å². The smallest absolute Gasteiger partial charge is 0.238 e. The number of rotatable bonds is 5. The number of amides is 1. The third-order valence-corrected chi connectivity index (χ3v) is 3.37. The number of nitrogens with one attached hydrogen (secondary N) is 2. The summed E-state index contributed by atoms with van der Waals surface area (Å²) >= 11 is 0. The van der Waals surface area contributed by atoms with E-state index in [9.17, 15) is 4.79 Å². The molecule has 0 aliphatic rings. The third kappa shape index (κ3) is 2.90. The minimum Gasteiger partial charge on any atom is -0.456 e. The third-order valence-electron chi connectivity index (χ3n) is 3.37. The lowest BCUT2D eigenvalue weighted by Gasteiger charge is -2.06. The number of hydrogen-bond donors (Lipinski definition) is 2. The Balaban J connectivity index is 1.83. The molecule has 2 aromatic carbocycles. The molecule has 3 rings (SSSR count). The highest BCUT2D eigenvalue weighted by Gasteiger charge is 2.08. The van der Waals surface area contributed by atoms with E-state index in [1.165, 1.54) is 0 Å². The van der Waals surface area contributed by atoms with Crippen molar-refractivity contribution in [1.82, 2.24) is 5.32 Å². The summed E-state index contributed by atoms with van der Waals surface area (Å²) in [6.45, 7) is 3.25. The van der Waals surface area contributed by atoms with Gasteiger partial charge < -0.3 is 15.1 Å². The number of carbonyl (C=O) groups is 1. The van der Waals surface area contributed by atoms with Crippen LogP contribution in [0, 0.1) is 0 Å². The second-order valence-electron chi connectivity index (χ2n) is 5.03. The Labute approximate surface area is 123 Å². The maximum atomic E-state index is 11.8. The molecule has 0 aliphatic carbocycles. The summed E-state index contributed by atoms with van der Waals surface area (Å²) in [7, 11) is 0. The molecule has 0 fully saturated rings. The van der Waals surface area contributed by atoms with Crippen LogP contribution < -0.4 is 10.6 Å². The number of para-hydroxylation sites is 1. The first-order chi connectivity index (χ1) is 10.3. The van der Waals surface area contributed by atoms with Crippen LogP contribution in [-0.2, 0) is 4.79 Å². The van der Waals surface area contributed by atoms with Crippen LogP contribution in [0.15, 0.2) is 46.9 Å². The fourth-order valence-electron chi connectivity index (χ4n) is 2.39. The van der Waals surface area contributed by atoms with Crippen LogP contribution in [0.1, 0.15) is 13.3 Å². The van der Waals surface area contributed by atoms with E-state index in [0.717, 1.165) is 40.6 Å². The van der Waals surface area contributed by atoms with Crippen molar-refractivity contribution in [3.63, 3.8) is 0 Å². The van der Waals surface area contributed by atoms with Gasteiger partial charge in [-0.15, -0.1) is 0 Å². The molecular weight excluding hydrogens is 264 g/mol. The molecule has 21 heavy (non-hydrogen) atoms. The Hall–Kier alpha value is -2.33. The summed E-state index contributed by atoms with van der Waals surface area (Å²) in [5.74, 6) is -0.0319. The lowest BCUT2D eigenvalue weighted by atomic mass is 10.1. The van der Waals surface area contributed by atoms with Crippen molar-refractivity contribution in [2.24, 2.45) is 0 Å². The van der Waals surface area contributed by atoms with Gasteiger partial charge in [-0.05, 0) is 37.2 Å². The average Bonchev–Trinajstić information content (AvgIpc) is 2.86. The number of fused-ring (bicyclic) bond motifs is 3. The van der Waals surface area contributed by atoms with Crippen molar-refractivity contribution in [1.29, 1.82) is 0 Å². The molecule has 0 aliphatic heterocycles. The SMILES string of the molecule is CCCNCC(=O)Nc1ccc2oc3ccccc3c2c1. The van der Waals surface area contributed by atoms with E-state index in [1.54, 1.807) is 0 Å². The van der Waals surface area contributed by atoms with Crippen LogP contribution in [0.25, 0.3) is 21.9 Å². The van der Waals surface area contributed by atoms with Crippen molar-refractivity contribution >= 4 is 33.5 Å². The number of benzene rings is 2. The molecule has 108 valence electrons. The molecule has 0 atom stereocenters. The second kappa shape index (κ2) is 5.97. The number of furan rings is 1. The van der Waals surface area contributed by atoms with Gasteiger partial charge in [0.25, 0.3) is 0 Å². The Morgan fingerprint density at radius 2 is 1.90 bits per heavy atom. The lowest BCUT2D eigenvalue weighted by molar-refractivity contribution is -0.115. The van der Waals surface area contributed by atoms with Gasteiger partial charge >= 0.3 is 0 Å². The van der Waals surface area contributed by atoms with Gasteiger partial charge in [0.2, 0.25) is 5.91 Å². The van der Waals surface area contributed by atoms with Gasteiger partial charge in [-0.2, -0.15) is 0 Å². The van der Waals surface area contributed by atoms with Crippen LogP contribution in [0.3, 0.4) is 0 Å². The maximum Gasteiger partial charge on any atom is 0.238 e. The largest absolute Gasteiger partial charge is 0.456 e. The molecule has 0 bridgehead atoms. The lowest BCUT2D eigenvalue weighted by Crippen LogP contribution is -2.28. The monoisotopic (exact) mass is 282 g/mol. The zero-order valence-corrected chi connectivity index (χ0v) is 12.0. The zero-order valence-electron chi connectivity index (χ0n) is 12.0. The first kappa shape index (κ1) is 13.6. The Kier molecular flexibility index (Phi) is 3.88. The van der Waals surface area contributed by atoms with Gasteiger partial charge in [0.15, 0.2) is 0 Å². The molecule has 0 unspecified atom stereocenters.